The lowest BCUT2D eigenvalue weighted by molar-refractivity contribution is -0.137. The van der Waals surface area contributed by atoms with Gasteiger partial charge >= 0.3 is 18.2 Å². The third-order valence-corrected chi connectivity index (χ3v) is 4.15. The van der Waals surface area contributed by atoms with Gasteiger partial charge in [-0.2, -0.15) is 23.0 Å². The lowest BCUT2D eigenvalue weighted by Crippen LogP contribution is -2.27. The number of alkyl halides is 3. The summed E-state index contributed by atoms with van der Waals surface area (Å²) in [4.78, 5) is 24.2. The number of carbonyl (C=O) groups is 2. The van der Waals surface area contributed by atoms with Crippen molar-refractivity contribution in [2.24, 2.45) is 0 Å². The molecule has 0 fully saturated rings. The number of hydrogen-bond donors (Lipinski definition) is 0. The molecule has 3 rings (SSSR count). The number of hydrogen-bond acceptors (Lipinski definition) is 5. The van der Waals surface area contributed by atoms with Gasteiger partial charge in [-0.05, 0) is 51.1 Å². The molecule has 0 bridgehead atoms. The van der Waals surface area contributed by atoms with E-state index in [1.165, 1.54) is 37.4 Å². The van der Waals surface area contributed by atoms with Crippen LogP contribution in [-0.4, -0.2) is 34.6 Å². The van der Waals surface area contributed by atoms with Crippen molar-refractivity contribution < 1.29 is 32.2 Å². The molecule has 0 aliphatic heterocycles. The standard InChI is InChI=1S/C21H19F3N2O4/c1-20(2,3)30-19(28)26-16-10-9-14(21(22,23)24)11-15(16)17(25-26)12-5-7-13(8-6-12)18(27)29-4/h5-11H,1-4H3. The Bertz CT molecular complexity index is 1110. The Morgan fingerprint density at radius 1 is 1.00 bits per heavy atom. The minimum atomic E-state index is -4.56. The molecule has 3 aromatic rings. The van der Waals surface area contributed by atoms with Crippen LogP contribution in [0.4, 0.5) is 18.0 Å². The van der Waals surface area contributed by atoms with E-state index in [0.717, 1.165) is 16.8 Å². The van der Waals surface area contributed by atoms with Crippen LogP contribution in [0.1, 0.15) is 36.7 Å². The van der Waals surface area contributed by atoms with Crippen molar-refractivity contribution in [3.05, 3.63) is 53.6 Å². The molecule has 0 atom stereocenters. The second-order valence-electron chi connectivity index (χ2n) is 7.54. The van der Waals surface area contributed by atoms with Gasteiger partial charge in [-0.25, -0.2) is 9.59 Å². The number of rotatable bonds is 2. The molecule has 0 spiro atoms. The van der Waals surface area contributed by atoms with Gasteiger partial charge in [0.15, 0.2) is 0 Å². The smallest absolute Gasteiger partial charge is 0.435 e. The van der Waals surface area contributed by atoms with Crippen LogP contribution in [0.3, 0.4) is 0 Å². The summed E-state index contributed by atoms with van der Waals surface area (Å²) < 4.78 is 50.6. The maximum absolute atomic E-state index is 13.2. The molecular weight excluding hydrogens is 401 g/mol. The van der Waals surface area contributed by atoms with Crippen LogP contribution in [-0.2, 0) is 15.7 Å². The van der Waals surface area contributed by atoms with E-state index in [1.54, 1.807) is 20.8 Å². The molecule has 1 heterocycles. The molecule has 6 nitrogen and oxygen atoms in total. The highest BCUT2D eigenvalue weighted by molar-refractivity contribution is 5.98. The fourth-order valence-electron chi connectivity index (χ4n) is 2.83. The van der Waals surface area contributed by atoms with Crippen molar-refractivity contribution >= 4 is 23.0 Å². The van der Waals surface area contributed by atoms with Gasteiger partial charge in [0.25, 0.3) is 0 Å². The zero-order valence-corrected chi connectivity index (χ0v) is 16.7. The van der Waals surface area contributed by atoms with Gasteiger partial charge in [0.1, 0.15) is 11.3 Å². The summed E-state index contributed by atoms with van der Waals surface area (Å²) in [6.45, 7) is 5.01. The van der Waals surface area contributed by atoms with Crippen LogP contribution in [0.15, 0.2) is 42.5 Å². The van der Waals surface area contributed by atoms with Gasteiger partial charge in [0.2, 0.25) is 0 Å². The fraction of sp³-hybridized carbons (Fsp3) is 0.286. The number of nitrogens with zero attached hydrogens (tertiary/aromatic N) is 2. The second kappa shape index (κ2) is 7.47. The van der Waals surface area contributed by atoms with Crippen molar-refractivity contribution in [3.63, 3.8) is 0 Å². The average molecular weight is 420 g/mol. The molecule has 0 aliphatic carbocycles. The number of ether oxygens (including phenoxy) is 2. The highest BCUT2D eigenvalue weighted by Crippen LogP contribution is 2.35. The summed E-state index contributed by atoms with van der Waals surface area (Å²) in [7, 11) is 1.24. The molecule has 0 radical (unpaired) electrons. The average Bonchev–Trinajstić information content (AvgIpc) is 3.04. The normalized spacial score (nSPS) is 12.1. The number of esters is 1. The Morgan fingerprint density at radius 2 is 1.63 bits per heavy atom. The van der Waals surface area contributed by atoms with E-state index in [9.17, 15) is 22.8 Å². The molecule has 0 saturated heterocycles. The van der Waals surface area contributed by atoms with Gasteiger partial charge in [-0.15, -0.1) is 0 Å². The SMILES string of the molecule is COC(=O)c1ccc(-c2nn(C(=O)OC(C)(C)C)c3ccc(C(F)(F)F)cc23)cc1. The Balaban J connectivity index is 2.19. The molecule has 0 aliphatic rings. The maximum Gasteiger partial charge on any atom is 0.435 e. The number of fused-ring (bicyclic) bond motifs is 1. The highest BCUT2D eigenvalue weighted by Gasteiger charge is 2.32. The van der Waals surface area contributed by atoms with Crippen LogP contribution < -0.4 is 0 Å². The molecule has 1 aromatic heterocycles. The predicted octanol–water partition coefficient (Wildman–Crippen LogP) is 5.29. The van der Waals surface area contributed by atoms with Crippen molar-refractivity contribution in [2.45, 2.75) is 32.5 Å². The van der Waals surface area contributed by atoms with E-state index in [-0.39, 0.29) is 22.2 Å². The summed E-state index contributed by atoms with van der Waals surface area (Å²) in [5, 5.41) is 4.35. The minimum Gasteiger partial charge on any atom is -0.465 e. The van der Waals surface area contributed by atoms with Crippen LogP contribution in [0.5, 0.6) is 0 Å². The number of carbonyl (C=O) groups excluding carboxylic acids is 2. The fourth-order valence-corrected chi connectivity index (χ4v) is 2.83. The van der Waals surface area contributed by atoms with E-state index >= 15 is 0 Å². The lowest BCUT2D eigenvalue weighted by atomic mass is 10.0. The van der Waals surface area contributed by atoms with Gasteiger partial charge in [-0.1, -0.05) is 12.1 Å². The summed E-state index contributed by atoms with van der Waals surface area (Å²) in [5.41, 5.74) is -0.667. The molecule has 0 amide bonds. The molecule has 9 heteroatoms. The monoisotopic (exact) mass is 420 g/mol. The van der Waals surface area contributed by atoms with Crippen LogP contribution in [0, 0.1) is 0 Å². The lowest BCUT2D eigenvalue weighted by Gasteiger charge is -2.19. The van der Waals surface area contributed by atoms with E-state index in [0.29, 0.717) is 5.56 Å². The third-order valence-electron chi connectivity index (χ3n) is 4.15. The minimum absolute atomic E-state index is 0.126. The Morgan fingerprint density at radius 3 is 2.17 bits per heavy atom. The topological polar surface area (TPSA) is 70.4 Å². The zero-order chi connectivity index (χ0) is 22.3. The molecule has 2 aromatic carbocycles. The van der Waals surface area contributed by atoms with E-state index in [2.05, 4.69) is 9.84 Å². The molecule has 30 heavy (non-hydrogen) atoms. The largest absolute Gasteiger partial charge is 0.465 e. The Labute approximate surface area is 170 Å². The van der Waals surface area contributed by atoms with Crippen molar-refractivity contribution in [1.29, 1.82) is 0 Å². The van der Waals surface area contributed by atoms with Gasteiger partial charge in [0.05, 0.1) is 23.8 Å². The van der Waals surface area contributed by atoms with Crippen LogP contribution >= 0.6 is 0 Å². The number of methoxy groups -OCH3 is 1. The van der Waals surface area contributed by atoms with Crippen LogP contribution in [0.25, 0.3) is 22.2 Å². The third kappa shape index (κ3) is 4.29. The highest BCUT2D eigenvalue weighted by atomic mass is 19.4. The Hall–Kier alpha value is -3.36. The maximum atomic E-state index is 13.2. The van der Waals surface area contributed by atoms with Crippen molar-refractivity contribution in [3.8, 4) is 11.3 Å². The number of benzene rings is 2. The van der Waals surface area contributed by atoms with Crippen molar-refractivity contribution in [2.75, 3.05) is 7.11 Å². The molecule has 158 valence electrons. The second-order valence-corrected chi connectivity index (χ2v) is 7.54. The molecule has 0 saturated carbocycles. The summed E-state index contributed by atoms with van der Waals surface area (Å²) in [6, 6.07) is 8.98. The summed E-state index contributed by atoms with van der Waals surface area (Å²) >= 11 is 0. The first-order valence-corrected chi connectivity index (χ1v) is 8.93. The summed E-state index contributed by atoms with van der Waals surface area (Å²) in [5.74, 6) is -0.551. The predicted molar refractivity (Wildman–Crippen MR) is 103 cm³/mol. The Kier molecular flexibility index (Phi) is 5.32. The zero-order valence-electron chi connectivity index (χ0n) is 16.7. The van der Waals surface area contributed by atoms with Gasteiger partial charge in [0, 0.05) is 10.9 Å². The van der Waals surface area contributed by atoms with Crippen molar-refractivity contribution in [1.82, 2.24) is 9.78 Å². The van der Waals surface area contributed by atoms with E-state index in [4.69, 9.17) is 4.74 Å². The first-order chi connectivity index (χ1) is 13.9. The molecular formula is C21H19F3N2O4. The molecule has 0 unspecified atom stereocenters. The number of aromatic nitrogens is 2. The number of halogens is 3. The van der Waals surface area contributed by atoms with E-state index in [1.807, 2.05) is 0 Å². The quantitative estimate of drug-likeness (QED) is 0.527. The first-order valence-electron chi connectivity index (χ1n) is 8.93. The van der Waals surface area contributed by atoms with Crippen LogP contribution in [0.2, 0.25) is 0 Å². The molecule has 0 N–H and O–H groups in total. The van der Waals surface area contributed by atoms with E-state index < -0.39 is 29.4 Å². The van der Waals surface area contributed by atoms with Gasteiger partial charge < -0.3 is 9.47 Å². The first kappa shape index (κ1) is 21.4. The summed E-state index contributed by atoms with van der Waals surface area (Å²) in [6.07, 6.45) is -5.38. The van der Waals surface area contributed by atoms with Gasteiger partial charge in [-0.3, -0.25) is 0 Å².